The lowest BCUT2D eigenvalue weighted by Crippen LogP contribution is -2.03. The van der Waals surface area contributed by atoms with Gasteiger partial charge in [-0.3, -0.25) is 0 Å². The number of aryl methyl sites for hydroxylation is 1. The van der Waals surface area contributed by atoms with E-state index in [1.54, 1.807) is 6.26 Å². The molecule has 3 aromatic heterocycles. The lowest BCUT2D eigenvalue weighted by atomic mass is 10.2. The smallest absolute Gasteiger partial charge is 0.163 e. The van der Waals surface area contributed by atoms with Gasteiger partial charge in [0, 0.05) is 11.3 Å². The van der Waals surface area contributed by atoms with Crippen LogP contribution in [0.1, 0.15) is 11.5 Å². The third kappa shape index (κ3) is 2.68. The van der Waals surface area contributed by atoms with Crippen LogP contribution >= 0.6 is 0 Å². The summed E-state index contributed by atoms with van der Waals surface area (Å²) in [5.41, 5.74) is 2.88. The Labute approximate surface area is 133 Å². The van der Waals surface area contributed by atoms with E-state index in [2.05, 4.69) is 21.4 Å². The number of furan rings is 1. The van der Waals surface area contributed by atoms with Crippen LogP contribution in [0.3, 0.4) is 0 Å². The van der Waals surface area contributed by atoms with Crippen LogP contribution in [0.25, 0.3) is 22.4 Å². The Morgan fingerprint density at radius 3 is 2.74 bits per heavy atom. The molecule has 0 saturated carbocycles. The van der Waals surface area contributed by atoms with Crippen LogP contribution in [0, 0.1) is 6.92 Å². The number of benzene rings is 1. The van der Waals surface area contributed by atoms with Gasteiger partial charge >= 0.3 is 0 Å². The predicted octanol–water partition coefficient (Wildman–Crippen LogP) is 4.14. The number of rotatable bonds is 4. The molecule has 0 atom stereocenters. The Kier molecular flexibility index (Phi) is 3.31. The van der Waals surface area contributed by atoms with E-state index in [1.165, 1.54) is 0 Å². The number of hydrogen-bond donors (Lipinski definition) is 2. The van der Waals surface area contributed by atoms with Crippen molar-refractivity contribution >= 4 is 16.9 Å². The second-order valence-electron chi connectivity index (χ2n) is 5.41. The Morgan fingerprint density at radius 1 is 1.09 bits per heavy atom. The first-order valence-corrected chi connectivity index (χ1v) is 7.48. The van der Waals surface area contributed by atoms with Crippen LogP contribution in [-0.4, -0.2) is 15.0 Å². The monoisotopic (exact) mass is 304 g/mol. The maximum atomic E-state index is 5.37. The summed E-state index contributed by atoms with van der Waals surface area (Å²) in [6.07, 6.45) is 1.67. The summed E-state index contributed by atoms with van der Waals surface area (Å²) in [5.74, 6) is 2.36. The zero-order valence-electron chi connectivity index (χ0n) is 12.7. The molecule has 0 saturated heterocycles. The second-order valence-corrected chi connectivity index (χ2v) is 5.41. The number of nitrogens with one attached hydrogen (secondary N) is 2. The molecule has 4 rings (SSSR count). The van der Waals surface area contributed by atoms with Crippen LogP contribution < -0.4 is 5.32 Å². The van der Waals surface area contributed by atoms with E-state index in [1.807, 2.05) is 49.4 Å². The lowest BCUT2D eigenvalue weighted by Gasteiger charge is -2.08. The van der Waals surface area contributed by atoms with Crippen LogP contribution in [0.5, 0.6) is 0 Å². The van der Waals surface area contributed by atoms with E-state index in [0.29, 0.717) is 12.4 Å². The van der Waals surface area contributed by atoms with E-state index in [9.17, 15) is 0 Å². The summed E-state index contributed by atoms with van der Waals surface area (Å²) < 4.78 is 5.37. The van der Waals surface area contributed by atoms with Crippen molar-refractivity contribution in [3.8, 4) is 11.4 Å². The molecular weight excluding hydrogens is 288 g/mol. The molecule has 3 heterocycles. The van der Waals surface area contributed by atoms with E-state index in [0.717, 1.165) is 33.9 Å². The zero-order valence-corrected chi connectivity index (χ0v) is 12.7. The maximum absolute atomic E-state index is 5.37. The van der Waals surface area contributed by atoms with Crippen molar-refractivity contribution in [2.45, 2.75) is 13.5 Å². The average molecular weight is 304 g/mol. The SMILES string of the molecule is Cc1cc2c(NCc3ccco3)nc(-c3ccccc3)nc2[nH]1. The number of fused-ring (bicyclic) bond motifs is 1. The quantitative estimate of drug-likeness (QED) is 0.594. The summed E-state index contributed by atoms with van der Waals surface area (Å²) in [6, 6.07) is 15.8. The fourth-order valence-corrected chi connectivity index (χ4v) is 2.58. The molecule has 2 N–H and O–H groups in total. The van der Waals surface area contributed by atoms with Gasteiger partial charge in [0.2, 0.25) is 0 Å². The number of anilines is 1. The number of H-pyrrole nitrogens is 1. The topological polar surface area (TPSA) is 66.7 Å². The largest absolute Gasteiger partial charge is 0.467 e. The summed E-state index contributed by atoms with van der Waals surface area (Å²) in [5, 5.41) is 4.33. The molecule has 5 heteroatoms. The van der Waals surface area contributed by atoms with Gasteiger partial charge in [-0.2, -0.15) is 0 Å². The van der Waals surface area contributed by atoms with E-state index < -0.39 is 0 Å². The molecule has 0 unspecified atom stereocenters. The standard InChI is InChI=1S/C18H16N4O/c1-12-10-15-17(19-11-14-8-5-9-23-14)21-16(22-18(15)20-12)13-6-3-2-4-7-13/h2-10H,11H2,1H3,(H2,19,20,21,22). The maximum Gasteiger partial charge on any atom is 0.163 e. The molecule has 0 bridgehead atoms. The fraction of sp³-hybridized carbons (Fsp3) is 0.111. The minimum atomic E-state index is 0.581. The third-order valence-electron chi connectivity index (χ3n) is 3.66. The summed E-state index contributed by atoms with van der Waals surface area (Å²) in [4.78, 5) is 12.6. The van der Waals surface area contributed by atoms with Crippen LogP contribution in [0.2, 0.25) is 0 Å². The molecule has 0 radical (unpaired) electrons. The molecule has 0 aliphatic heterocycles. The molecule has 4 aromatic rings. The highest BCUT2D eigenvalue weighted by molar-refractivity contribution is 5.89. The van der Waals surface area contributed by atoms with Crippen molar-refractivity contribution < 1.29 is 4.42 Å². The predicted molar refractivity (Wildman–Crippen MR) is 90.1 cm³/mol. The molecule has 0 amide bonds. The van der Waals surface area contributed by atoms with Crippen molar-refractivity contribution in [3.63, 3.8) is 0 Å². The van der Waals surface area contributed by atoms with Gasteiger partial charge in [-0.25, -0.2) is 9.97 Å². The van der Waals surface area contributed by atoms with Gasteiger partial charge in [0.15, 0.2) is 5.82 Å². The van der Waals surface area contributed by atoms with Gasteiger partial charge in [-0.1, -0.05) is 30.3 Å². The van der Waals surface area contributed by atoms with Crippen molar-refractivity contribution in [1.29, 1.82) is 0 Å². The zero-order chi connectivity index (χ0) is 15.6. The number of aromatic amines is 1. The molecule has 1 aromatic carbocycles. The molecule has 0 aliphatic carbocycles. The average Bonchev–Trinajstić information content (AvgIpc) is 3.21. The number of hydrogen-bond acceptors (Lipinski definition) is 4. The van der Waals surface area contributed by atoms with Crippen molar-refractivity contribution in [2.24, 2.45) is 0 Å². The second kappa shape index (κ2) is 5.61. The van der Waals surface area contributed by atoms with Crippen molar-refractivity contribution in [3.05, 3.63) is 66.2 Å². The highest BCUT2D eigenvalue weighted by atomic mass is 16.3. The molecule has 23 heavy (non-hydrogen) atoms. The first kappa shape index (κ1) is 13.6. The summed E-state index contributed by atoms with van der Waals surface area (Å²) in [6.45, 7) is 2.59. The minimum Gasteiger partial charge on any atom is -0.467 e. The fourth-order valence-electron chi connectivity index (χ4n) is 2.58. The first-order valence-electron chi connectivity index (χ1n) is 7.48. The summed E-state index contributed by atoms with van der Waals surface area (Å²) >= 11 is 0. The molecule has 114 valence electrons. The number of aromatic nitrogens is 3. The molecule has 5 nitrogen and oxygen atoms in total. The van der Waals surface area contributed by atoms with Gasteiger partial charge in [-0.15, -0.1) is 0 Å². The van der Waals surface area contributed by atoms with Gasteiger partial charge < -0.3 is 14.7 Å². The molecule has 0 spiro atoms. The molecular formula is C18H16N4O. The summed E-state index contributed by atoms with van der Waals surface area (Å²) in [7, 11) is 0. The van der Waals surface area contributed by atoms with E-state index in [4.69, 9.17) is 9.40 Å². The van der Waals surface area contributed by atoms with Gasteiger partial charge in [-0.05, 0) is 25.1 Å². The Morgan fingerprint density at radius 2 is 1.96 bits per heavy atom. The lowest BCUT2D eigenvalue weighted by molar-refractivity contribution is 0.518. The molecule has 0 aliphatic rings. The van der Waals surface area contributed by atoms with Gasteiger partial charge in [0.1, 0.15) is 17.2 Å². The van der Waals surface area contributed by atoms with Gasteiger partial charge in [0.25, 0.3) is 0 Å². The highest BCUT2D eigenvalue weighted by Gasteiger charge is 2.11. The Bertz CT molecular complexity index is 926. The first-order chi connectivity index (χ1) is 11.3. The van der Waals surface area contributed by atoms with E-state index >= 15 is 0 Å². The van der Waals surface area contributed by atoms with Crippen LogP contribution in [0.4, 0.5) is 5.82 Å². The third-order valence-corrected chi connectivity index (χ3v) is 3.66. The van der Waals surface area contributed by atoms with Crippen LogP contribution in [0.15, 0.2) is 59.2 Å². The Balaban J connectivity index is 1.77. The molecule has 0 fully saturated rings. The van der Waals surface area contributed by atoms with Crippen molar-refractivity contribution in [2.75, 3.05) is 5.32 Å². The number of nitrogens with zero attached hydrogens (tertiary/aromatic N) is 2. The highest BCUT2D eigenvalue weighted by Crippen LogP contribution is 2.25. The Hall–Kier alpha value is -3.08. The normalized spacial score (nSPS) is 11.0. The van der Waals surface area contributed by atoms with Crippen LogP contribution in [-0.2, 0) is 6.54 Å². The van der Waals surface area contributed by atoms with Gasteiger partial charge in [0.05, 0.1) is 18.2 Å². The van der Waals surface area contributed by atoms with Crippen molar-refractivity contribution in [1.82, 2.24) is 15.0 Å². The minimum absolute atomic E-state index is 0.581. The van der Waals surface area contributed by atoms with E-state index in [-0.39, 0.29) is 0 Å².